The summed E-state index contributed by atoms with van der Waals surface area (Å²) in [5.74, 6) is 0.0698. The smallest absolute Gasteiger partial charge is 0.270 e. The van der Waals surface area contributed by atoms with Gasteiger partial charge in [-0.2, -0.15) is 5.10 Å². The van der Waals surface area contributed by atoms with Crippen LogP contribution in [0.15, 0.2) is 53.9 Å². The van der Waals surface area contributed by atoms with Gasteiger partial charge < -0.3 is 19.3 Å². The Morgan fingerprint density at radius 2 is 1.86 bits per heavy atom. The van der Waals surface area contributed by atoms with Crippen LogP contribution in [0.4, 0.5) is 0 Å². The second-order valence-corrected chi connectivity index (χ2v) is 8.57. The van der Waals surface area contributed by atoms with Crippen molar-refractivity contribution in [1.82, 2.24) is 19.8 Å². The third-order valence-corrected chi connectivity index (χ3v) is 6.01. The number of carbonyl (C=O) groups excluding carboxylic acids is 3. The van der Waals surface area contributed by atoms with Crippen LogP contribution >= 0.6 is 0 Å². The Morgan fingerprint density at radius 1 is 1.06 bits per heavy atom. The van der Waals surface area contributed by atoms with Gasteiger partial charge in [0.15, 0.2) is 0 Å². The first kappa shape index (κ1) is 24.3. The number of pyridine rings is 1. The summed E-state index contributed by atoms with van der Waals surface area (Å²) < 4.78 is 11.4. The maximum absolute atomic E-state index is 13.3. The second kappa shape index (κ2) is 11.1. The number of aromatic nitrogens is 1. The molecule has 0 radical (unpaired) electrons. The zero-order valence-corrected chi connectivity index (χ0v) is 19.9. The maximum Gasteiger partial charge on any atom is 0.270 e. The highest BCUT2D eigenvalue weighted by Gasteiger charge is 2.34. The first-order chi connectivity index (χ1) is 16.9. The Bertz CT molecular complexity index is 1090. The Hall–Kier alpha value is -3.79. The predicted molar refractivity (Wildman–Crippen MR) is 127 cm³/mol. The quantitative estimate of drug-likeness (QED) is 0.596. The van der Waals surface area contributed by atoms with Crippen molar-refractivity contribution >= 4 is 23.4 Å². The van der Waals surface area contributed by atoms with E-state index in [2.05, 4.69) is 10.1 Å². The van der Waals surface area contributed by atoms with Crippen LogP contribution in [-0.2, 0) is 32.3 Å². The van der Waals surface area contributed by atoms with Crippen LogP contribution < -0.4 is 4.74 Å². The molecular formula is C25H29N5O5. The van der Waals surface area contributed by atoms with Crippen molar-refractivity contribution < 1.29 is 23.9 Å². The first-order valence-electron chi connectivity index (χ1n) is 11.5. The van der Waals surface area contributed by atoms with E-state index in [1.54, 1.807) is 24.4 Å². The molecule has 1 fully saturated rings. The molecule has 2 aliphatic rings. The minimum atomic E-state index is -0.410. The van der Waals surface area contributed by atoms with Crippen molar-refractivity contribution in [2.45, 2.75) is 32.1 Å². The van der Waals surface area contributed by atoms with E-state index in [0.29, 0.717) is 19.7 Å². The van der Waals surface area contributed by atoms with Crippen LogP contribution in [0.2, 0.25) is 0 Å². The fourth-order valence-corrected chi connectivity index (χ4v) is 4.05. The summed E-state index contributed by atoms with van der Waals surface area (Å²) >= 11 is 0. The minimum Gasteiger partial charge on any atom is -0.497 e. The summed E-state index contributed by atoms with van der Waals surface area (Å²) in [7, 11) is 3.13. The van der Waals surface area contributed by atoms with Crippen LogP contribution in [0, 0.1) is 0 Å². The monoisotopic (exact) mass is 479 g/mol. The van der Waals surface area contributed by atoms with Gasteiger partial charge in [0, 0.05) is 51.9 Å². The lowest BCUT2D eigenvalue weighted by Gasteiger charge is -2.26. The average Bonchev–Trinajstić information content (AvgIpc) is 3.03. The molecule has 2 aromatic rings. The Labute approximate surface area is 204 Å². The van der Waals surface area contributed by atoms with Crippen molar-refractivity contribution in [3.8, 4) is 5.75 Å². The number of ether oxygens (including phenoxy) is 2. The molecule has 4 rings (SSSR count). The standard InChI is InChI=1S/C25H29N5O5/c1-28-23(31)10-9-22(27-28)25(33)30-15-21(35-17-19-4-3-11-26-12-19)14-29(24(32)16-30)13-18-5-7-20(34-2)8-6-18/h3-8,11-12,21H,9-10,13-17H2,1-2H3. The zero-order chi connectivity index (χ0) is 24.8. The molecule has 1 atom stereocenters. The third-order valence-electron chi connectivity index (χ3n) is 6.01. The van der Waals surface area contributed by atoms with Gasteiger partial charge in [-0.25, -0.2) is 5.01 Å². The molecule has 1 aromatic carbocycles. The van der Waals surface area contributed by atoms with E-state index in [-0.39, 0.29) is 49.4 Å². The lowest BCUT2D eigenvalue weighted by atomic mass is 10.1. The Morgan fingerprint density at radius 3 is 2.54 bits per heavy atom. The van der Waals surface area contributed by atoms with Crippen molar-refractivity contribution in [1.29, 1.82) is 0 Å². The summed E-state index contributed by atoms with van der Waals surface area (Å²) in [5, 5.41) is 5.32. The molecule has 184 valence electrons. The Balaban J connectivity index is 1.52. The molecule has 3 amide bonds. The molecule has 0 bridgehead atoms. The summed E-state index contributed by atoms with van der Waals surface area (Å²) in [6.07, 6.45) is 3.48. The molecule has 0 aliphatic carbocycles. The number of amides is 3. The van der Waals surface area contributed by atoms with Gasteiger partial charge in [-0.1, -0.05) is 18.2 Å². The fraction of sp³-hybridized carbons (Fsp3) is 0.400. The normalized spacial score (nSPS) is 18.9. The molecule has 10 heteroatoms. The van der Waals surface area contributed by atoms with E-state index in [1.807, 2.05) is 36.4 Å². The van der Waals surface area contributed by atoms with Crippen molar-refractivity contribution in [3.63, 3.8) is 0 Å². The fourth-order valence-electron chi connectivity index (χ4n) is 4.05. The van der Waals surface area contributed by atoms with Crippen molar-refractivity contribution in [2.24, 2.45) is 5.10 Å². The number of rotatable bonds is 7. The number of hydrogen-bond donors (Lipinski definition) is 0. The van der Waals surface area contributed by atoms with Gasteiger partial charge in [0.1, 0.15) is 18.0 Å². The van der Waals surface area contributed by atoms with E-state index in [9.17, 15) is 14.4 Å². The largest absolute Gasteiger partial charge is 0.497 e. The molecular weight excluding hydrogens is 450 g/mol. The molecule has 2 aliphatic heterocycles. The molecule has 1 unspecified atom stereocenters. The van der Waals surface area contributed by atoms with Gasteiger partial charge in [-0.15, -0.1) is 0 Å². The van der Waals surface area contributed by atoms with Gasteiger partial charge in [0.2, 0.25) is 11.8 Å². The molecule has 10 nitrogen and oxygen atoms in total. The van der Waals surface area contributed by atoms with Crippen LogP contribution in [0.3, 0.4) is 0 Å². The van der Waals surface area contributed by atoms with Gasteiger partial charge in [-0.3, -0.25) is 19.4 Å². The zero-order valence-electron chi connectivity index (χ0n) is 19.9. The van der Waals surface area contributed by atoms with Gasteiger partial charge in [0.25, 0.3) is 5.91 Å². The molecule has 0 spiro atoms. The van der Waals surface area contributed by atoms with Crippen LogP contribution in [0.1, 0.15) is 24.0 Å². The Kier molecular flexibility index (Phi) is 7.71. The molecule has 1 saturated heterocycles. The van der Waals surface area contributed by atoms with E-state index < -0.39 is 6.10 Å². The van der Waals surface area contributed by atoms with E-state index in [4.69, 9.17) is 9.47 Å². The second-order valence-electron chi connectivity index (χ2n) is 8.57. The molecule has 35 heavy (non-hydrogen) atoms. The molecule has 0 N–H and O–H groups in total. The summed E-state index contributed by atoms with van der Waals surface area (Å²) in [6.45, 7) is 1.18. The minimum absolute atomic E-state index is 0.0849. The molecule has 1 aromatic heterocycles. The van der Waals surface area contributed by atoms with Crippen LogP contribution in [-0.4, -0.2) is 83.1 Å². The number of methoxy groups -OCH3 is 1. The number of hydrogen-bond acceptors (Lipinski definition) is 7. The maximum atomic E-state index is 13.3. The molecule has 3 heterocycles. The SMILES string of the molecule is COc1ccc(CN2CC(OCc3cccnc3)CN(C(=O)C3=NN(C)C(=O)CC3)CC2=O)cc1. The third kappa shape index (κ3) is 6.21. The van der Waals surface area contributed by atoms with Gasteiger partial charge in [-0.05, 0) is 29.3 Å². The lowest BCUT2D eigenvalue weighted by molar-refractivity contribution is -0.136. The van der Waals surface area contributed by atoms with Crippen molar-refractivity contribution in [2.75, 3.05) is 33.8 Å². The van der Waals surface area contributed by atoms with Crippen LogP contribution in [0.25, 0.3) is 0 Å². The first-order valence-corrected chi connectivity index (χ1v) is 11.5. The number of carbonyl (C=O) groups is 3. The summed E-state index contributed by atoms with van der Waals surface area (Å²) in [4.78, 5) is 45.6. The topological polar surface area (TPSA) is 105 Å². The van der Waals surface area contributed by atoms with E-state index in [1.165, 1.54) is 17.0 Å². The van der Waals surface area contributed by atoms with Crippen LogP contribution in [0.5, 0.6) is 5.75 Å². The van der Waals surface area contributed by atoms with E-state index in [0.717, 1.165) is 16.9 Å². The summed E-state index contributed by atoms with van der Waals surface area (Å²) in [6, 6.07) is 11.3. The molecule has 0 saturated carbocycles. The van der Waals surface area contributed by atoms with Gasteiger partial charge in [0.05, 0.1) is 19.8 Å². The summed E-state index contributed by atoms with van der Waals surface area (Å²) in [5.41, 5.74) is 2.12. The highest BCUT2D eigenvalue weighted by molar-refractivity contribution is 6.39. The van der Waals surface area contributed by atoms with Crippen molar-refractivity contribution in [3.05, 3.63) is 59.9 Å². The van der Waals surface area contributed by atoms with Gasteiger partial charge >= 0.3 is 0 Å². The van der Waals surface area contributed by atoms with E-state index >= 15 is 0 Å². The lowest BCUT2D eigenvalue weighted by Crippen LogP contribution is -2.45. The number of nitrogens with zero attached hydrogens (tertiary/aromatic N) is 5. The predicted octanol–water partition coefficient (Wildman–Crippen LogP) is 1.45. The highest BCUT2D eigenvalue weighted by Crippen LogP contribution is 2.18. The number of benzene rings is 1. The number of hydrazone groups is 1. The average molecular weight is 480 g/mol. The highest BCUT2D eigenvalue weighted by atomic mass is 16.5.